The molecule has 0 saturated carbocycles. The van der Waals surface area contributed by atoms with Crippen molar-refractivity contribution < 1.29 is 0 Å². The number of nitrogens with two attached hydrogens (primary N) is 1. The summed E-state index contributed by atoms with van der Waals surface area (Å²) in [6, 6.07) is 8.88. The van der Waals surface area contributed by atoms with Crippen molar-refractivity contribution >= 4 is 11.8 Å². The zero-order chi connectivity index (χ0) is 12.5. The predicted molar refractivity (Wildman–Crippen MR) is 78.6 cm³/mol. The number of rotatable bonds is 8. The minimum absolute atomic E-state index is 0.344. The number of aryl methyl sites for hydroxylation is 1. The smallest absolute Gasteiger partial charge is 0.0133 e. The van der Waals surface area contributed by atoms with Gasteiger partial charge in [0.1, 0.15) is 0 Å². The van der Waals surface area contributed by atoms with Crippen molar-refractivity contribution in [3.63, 3.8) is 0 Å². The normalized spacial score (nSPS) is 12.6. The molecule has 0 amide bonds. The summed E-state index contributed by atoms with van der Waals surface area (Å²) in [4.78, 5) is 1.37. The van der Waals surface area contributed by atoms with Gasteiger partial charge in [0.2, 0.25) is 0 Å². The van der Waals surface area contributed by atoms with Gasteiger partial charge in [0, 0.05) is 16.7 Å². The van der Waals surface area contributed by atoms with Crippen LogP contribution in [0.2, 0.25) is 0 Å². The minimum Gasteiger partial charge on any atom is -0.327 e. The van der Waals surface area contributed by atoms with E-state index in [1.807, 2.05) is 11.8 Å². The topological polar surface area (TPSA) is 26.0 Å². The van der Waals surface area contributed by atoms with E-state index in [1.165, 1.54) is 42.6 Å². The van der Waals surface area contributed by atoms with Crippen LogP contribution >= 0.6 is 11.8 Å². The highest BCUT2D eigenvalue weighted by Gasteiger charge is 2.04. The second kappa shape index (κ2) is 8.60. The molecule has 0 aromatic heterocycles. The van der Waals surface area contributed by atoms with Gasteiger partial charge in [0.05, 0.1) is 0 Å². The summed E-state index contributed by atoms with van der Waals surface area (Å²) in [7, 11) is 0. The largest absolute Gasteiger partial charge is 0.327 e. The van der Waals surface area contributed by atoms with Crippen LogP contribution in [-0.4, -0.2) is 11.8 Å². The molecule has 0 bridgehead atoms. The van der Waals surface area contributed by atoms with Crippen molar-refractivity contribution in [3.05, 3.63) is 29.8 Å². The molecule has 96 valence electrons. The third-order valence-electron chi connectivity index (χ3n) is 2.97. The van der Waals surface area contributed by atoms with E-state index in [9.17, 15) is 0 Å². The van der Waals surface area contributed by atoms with Crippen LogP contribution < -0.4 is 5.73 Å². The van der Waals surface area contributed by atoms with Crippen LogP contribution in [0, 0.1) is 6.92 Å². The van der Waals surface area contributed by atoms with Gasteiger partial charge in [0.25, 0.3) is 0 Å². The molecule has 0 spiro atoms. The second-order valence-corrected chi connectivity index (χ2v) is 5.75. The molecule has 1 rings (SSSR count). The highest BCUT2D eigenvalue weighted by molar-refractivity contribution is 7.99. The number of unbranched alkanes of at least 4 members (excludes halogenated alkanes) is 3. The first-order valence-corrected chi connectivity index (χ1v) is 7.66. The molecule has 0 aliphatic carbocycles. The SMILES string of the molecule is CCCCCCC(N)CSc1ccccc1C. The standard InChI is InChI=1S/C15H25NS/c1-3-4-5-6-10-14(16)12-17-15-11-8-7-9-13(15)2/h7-9,11,14H,3-6,10,12,16H2,1-2H3. The third kappa shape index (κ3) is 6.13. The molecule has 0 aliphatic heterocycles. The highest BCUT2D eigenvalue weighted by atomic mass is 32.2. The first-order valence-electron chi connectivity index (χ1n) is 6.68. The molecule has 1 aromatic carbocycles. The van der Waals surface area contributed by atoms with Crippen LogP contribution in [0.25, 0.3) is 0 Å². The van der Waals surface area contributed by atoms with Crippen LogP contribution in [0.4, 0.5) is 0 Å². The van der Waals surface area contributed by atoms with Gasteiger partial charge in [0.15, 0.2) is 0 Å². The van der Waals surface area contributed by atoms with E-state index in [0.29, 0.717) is 6.04 Å². The quantitative estimate of drug-likeness (QED) is 0.548. The average Bonchev–Trinajstić information content (AvgIpc) is 2.34. The van der Waals surface area contributed by atoms with Gasteiger partial charge in [-0.05, 0) is 25.0 Å². The van der Waals surface area contributed by atoms with Crippen molar-refractivity contribution in [2.24, 2.45) is 5.73 Å². The summed E-state index contributed by atoms with van der Waals surface area (Å²) in [6.07, 6.45) is 6.42. The minimum atomic E-state index is 0.344. The fourth-order valence-corrected chi connectivity index (χ4v) is 2.86. The molecule has 17 heavy (non-hydrogen) atoms. The van der Waals surface area contributed by atoms with Gasteiger partial charge >= 0.3 is 0 Å². The zero-order valence-electron chi connectivity index (χ0n) is 11.1. The van der Waals surface area contributed by atoms with Gasteiger partial charge in [-0.15, -0.1) is 11.8 Å². The first kappa shape index (κ1) is 14.6. The number of hydrogen-bond donors (Lipinski definition) is 1. The lowest BCUT2D eigenvalue weighted by Gasteiger charge is -2.12. The second-order valence-electron chi connectivity index (χ2n) is 4.69. The van der Waals surface area contributed by atoms with Crippen LogP contribution in [0.15, 0.2) is 29.2 Å². The van der Waals surface area contributed by atoms with E-state index >= 15 is 0 Å². The lowest BCUT2D eigenvalue weighted by molar-refractivity contribution is 0.579. The van der Waals surface area contributed by atoms with E-state index in [-0.39, 0.29) is 0 Å². The Hall–Kier alpha value is -0.470. The van der Waals surface area contributed by atoms with E-state index in [0.717, 1.165) is 5.75 Å². The number of benzene rings is 1. The first-order chi connectivity index (χ1) is 8.24. The molecule has 1 aromatic rings. The Morgan fingerprint density at radius 2 is 1.94 bits per heavy atom. The molecule has 0 fully saturated rings. The average molecular weight is 251 g/mol. The summed E-state index contributed by atoms with van der Waals surface area (Å²) in [5.74, 6) is 1.04. The Balaban J connectivity index is 2.19. The Labute approximate surface area is 110 Å². The maximum Gasteiger partial charge on any atom is 0.0133 e. The van der Waals surface area contributed by atoms with Gasteiger partial charge < -0.3 is 5.73 Å². The highest BCUT2D eigenvalue weighted by Crippen LogP contribution is 2.23. The molecular formula is C15H25NS. The maximum absolute atomic E-state index is 6.13. The molecule has 1 atom stereocenters. The van der Waals surface area contributed by atoms with E-state index in [4.69, 9.17) is 5.73 Å². The monoisotopic (exact) mass is 251 g/mol. The van der Waals surface area contributed by atoms with Gasteiger partial charge in [-0.2, -0.15) is 0 Å². The molecular weight excluding hydrogens is 226 g/mol. The Bertz CT molecular complexity index is 312. The summed E-state index contributed by atoms with van der Waals surface area (Å²) in [5, 5.41) is 0. The van der Waals surface area contributed by atoms with Crippen molar-refractivity contribution in [2.45, 2.75) is 56.9 Å². The molecule has 0 saturated heterocycles. The fourth-order valence-electron chi connectivity index (χ4n) is 1.83. The molecule has 1 nitrogen and oxygen atoms in total. The van der Waals surface area contributed by atoms with E-state index in [2.05, 4.69) is 38.1 Å². The summed E-state index contributed by atoms with van der Waals surface area (Å²) >= 11 is 1.89. The lowest BCUT2D eigenvalue weighted by atomic mass is 10.1. The zero-order valence-corrected chi connectivity index (χ0v) is 11.9. The molecule has 0 aliphatic rings. The van der Waals surface area contributed by atoms with Crippen LogP contribution in [0.5, 0.6) is 0 Å². The summed E-state index contributed by atoms with van der Waals surface area (Å²) in [6.45, 7) is 4.41. The van der Waals surface area contributed by atoms with Crippen LogP contribution in [-0.2, 0) is 0 Å². The predicted octanol–water partition coefficient (Wildman–Crippen LogP) is 4.38. The fraction of sp³-hybridized carbons (Fsp3) is 0.600. The van der Waals surface area contributed by atoms with Gasteiger partial charge in [-0.25, -0.2) is 0 Å². The molecule has 2 N–H and O–H groups in total. The van der Waals surface area contributed by atoms with Crippen LogP contribution in [0.1, 0.15) is 44.6 Å². The lowest BCUT2D eigenvalue weighted by Crippen LogP contribution is -2.22. The van der Waals surface area contributed by atoms with Gasteiger partial charge in [-0.3, -0.25) is 0 Å². The van der Waals surface area contributed by atoms with E-state index < -0.39 is 0 Å². The molecule has 1 unspecified atom stereocenters. The molecule has 2 heteroatoms. The maximum atomic E-state index is 6.13. The van der Waals surface area contributed by atoms with Crippen molar-refractivity contribution in [3.8, 4) is 0 Å². The molecule has 0 radical (unpaired) electrons. The molecule has 0 heterocycles. The Morgan fingerprint density at radius 3 is 2.65 bits per heavy atom. The third-order valence-corrected chi connectivity index (χ3v) is 4.34. The van der Waals surface area contributed by atoms with Crippen molar-refractivity contribution in [2.75, 3.05) is 5.75 Å². The van der Waals surface area contributed by atoms with Gasteiger partial charge in [-0.1, -0.05) is 50.8 Å². The van der Waals surface area contributed by atoms with Crippen LogP contribution in [0.3, 0.4) is 0 Å². The van der Waals surface area contributed by atoms with Crippen molar-refractivity contribution in [1.82, 2.24) is 0 Å². The summed E-state index contributed by atoms with van der Waals surface area (Å²) < 4.78 is 0. The van der Waals surface area contributed by atoms with Crippen molar-refractivity contribution in [1.29, 1.82) is 0 Å². The Kier molecular flexibility index (Phi) is 7.38. The number of thioether (sulfide) groups is 1. The summed E-state index contributed by atoms with van der Waals surface area (Å²) in [5.41, 5.74) is 7.49. The van der Waals surface area contributed by atoms with E-state index in [1.54, 1.807) is 0 Å². The number of hydrogen-bond acceptors (Lipinski definition) is 2. The Morgan fingerprint density at radius 1 is 1.18 bits per heavy atom.